The van der Waals surface area contributed by atoms with Gasteiger partial charge in [0, 0.05) is 23.3 Å². The smallest absolute Gasteiger partial charge is 0.328 e. The molecular formula is C10H13N3O2S. The zero-order valence-corrected chi connectivity index (χ0v) is 9.97. The van der Waals surface area contributed by atoms with Crippen molar-refractivity contribution in [2.45, 2.75) is 30.9 Å². The van der Waals surface area contributed by atoms with E-state index in [0.29, 0.717) is 5.95 Å². The molecule has 2 heterocycles. The second kappa shape index (κ2) is 3.93. The molecule has 5 nitrogen and oxygen atoms in total. The van der Waals surface area contributed by atoms with E-state index in [9.17, 15) is 4.79 Å². The van der Waals surface area contributed by atoms with Gasteiger partial charge in [0.15, 0.2) is 0 Å². The molecule has 0 aromatic carbocycles. The number of fused-ring (bicyclic) bond motifs is 1. The van der Waals surface area contributed by atoms with Crippen LogP contribution in [0.5, 0.6) is 0 Å². The van der Waals surface area contributed by atoms with Crippen LogP contribution in [0.4, 0.5) is 5.95 Å². The standard InChI is InChI=1S/C10H13N3O2S/c1-10(2,8(14)15)13-9-11-3-6-4-16-5-7(6)12-9/h3H,4-5H2,1-2H3,(H,14,15)(H,11,12,13). The first kappa shape index (κ1) is 11.2. The molecule has 0 amide bonds. The fourth-order valence-electron chi connectivity index (χ4n) is 1.34. The molecule has 0 fully saturated rings. The lowest BCUT2D eigenvalue weighted by Crippen LogP contribution is -2.40. The third-order valence-electron chi connectivity index (χ3n) is 2.41. The first-order valence-electron chi connectivity index (χ1n) is 4.93. The molecule has 0 bridgehead atoms. The molecule has 2 rings (SSSR count). The summed E-state index contributed by atoms with van der Waals surface area (Å²) >= 11 is 1.79. The van der Waals surface area contributed by atoms with Gasteiger partial charge in [-0.15, -0.1) is 0 Å². The van der Waals surface area contributed by atoms with Crippen LogP contribution in [0.15, 0.2) is 6.20 Å². The fraction of sp³-hybridized carbons (Fsp3) is 0.500. The number of hydrogen-bond donors (Lipinski definition) is 2. The van der Waals surface area contributed by atoms with Gasteiger partial charge in [0.25, 0.3) is 0 Å². The topological polar surface area (TPSA) is 75.1 Å². The van der Waals surface area contributed by atoms with Crippen LogP contribution >= 0.6 is 11.8 Å². The Balaban J connectivity index is 2.20. The lowest BCUT2D eigenvalue weighted by atomic mass is 10.1. The number of nitrogens with zero attached hydrogens (tertiary/aromatic N) is 2. The summed E-state index contributed by atoms with van der Waals surface area (Å²) in [6, 6.07) is 0. The molecule has 86 valence electrons. The van der Waals surface area contributed by atoms with Crippen molar-refractivity contribution in [2.75, 3.05) is 5.32 Å². The van der Waals surface area contributed by atoms with E-state index in [2.05, 4.69) is 15.3 Å². The van der Waals surface area contributed by atoms with E-state index in [1.54, 1.807) is 31.8 Å². The number of thioether (sulfide) groups is 1. The molecule has 0 spiro atoms. The van der Waals surface area contributed by atoms with Gasteiger partial charge in [0.2, 0.25) is 5.95 Å². The van der Waals surface area contributed by atoms with E-state index in [4.69, 9.17) is 5.11 Å². The molecule has 16 heavy (non-hydrogen) atoms. The first-order chi connectivity index (χ1) is 7.49. The maximum Gasteiger partial charge on any atom is 0.328 e. The Labute approximate surface area is 97.7 Å². The lowest BCUT2D eigenvalue weighted by molar-refractivity contribution is -0.141. The second-order valence-corrected chi connectivity index (χ2v) is 5.20. The number of nitrogens with one attached hydrogen (secondary N) is 1. The summed E-state index contributed by atoms with van der Waals surface area (Å²) in [5.74, 6) is 1.28. The van der Waals surface area contributed by atoms with Crippen molar-refractivity contribution >= 4 is 23.7 Å². The maximum atomic E-state index is 10.9. The van der Waals surface area contributed by atoms with E-state index in [1.807, 2.05) is 0 Å². The van der Waals surface area contributed by atoms with Crippen molar-refractivity contribution in [3.63, 3.8) is 0 Å². The van der Waals surface area contributed by atoms with Crippen molar-refractivity contribution in [3.05, 3.63) is 17.5 Å². The molecule has 6 heteroatoms. The predicted molar refractivity (Wildman–Crippen MR) is 62.4 cm³/mol. The summed E-state index contributed by atoms with van der Waals surface area (Å²) in [5, 5.41) is 11.8. The van der Waals surface area contributed by atoms with Crippen LogP contribution in [0.2, 0.25) is 0 Å². The Hall–Kier alpha value is -1.30. The number of rotatable bonds is 3. The van der Waals surface area contributed by atoms with Gasteiger partial charge in [-0.2, -0.15) is 11.8 Å². The number of carboxylic acids is 1. The van der Waals surface area contributed by atoms with Gasteiger partial charge in [-0.1, -0.05) is 0 Å². The van der Waals surface area contributed by atoms with Crippen LogP contribution in [0, 0.1) is 0 Å². The van der Waals surface area contributed by atoms with E-state index >= 15 is 0 Å². The lowest BCUT2D eigenvalue weighted by Gasteiger charge is -2.20. The SMILES string of the molecule is CC(C)(Nc1ncc2c(n1)CSC2)C(=O)O. The zero-order chi connectivity index (χ0) is 11.8. The third kappa shape index (κ3) is 2.11. The average Bonchev–Trinajstić information content (AvgIpc) is 2.63. The summed E-state index contributed by atoms with van der Waals surface area (Å²) in [4.78, 5) is 19.4. The highest BCUT2D eigenvalue weighted by Crippen LogP contribution is 2.28. The third-order valence-corrected chi connectivity index (χ3v) is 3.40. The Morgan fingerprint density at radius 3 is 3.00 bits per heavy atom. The number of aliphatic carboxylic acids is 1. The van der Waals surface area contributed by atoms with E-state index in [-0.39, 0.29) is 0 Å². The molecule has 0 aliphatic carbocycles. The largest absolute Gasteiger partial charge is 0.480 e. The molecule has 0 atom stereocenters. The van der Waals surface area contributed by atoms with Crippen LogP contribution in [0.1, 0.15) is 25.1 Å². The monoisotopic (exact) mass is 239 g/mol. The van der Waals surface area contributed by atoms with Gasteiger partial charge in [0.1, 0.15) is 5.54 Å². The molecule has 2 N–H and O–H groups in total. The fourth-order valence-corrected chi connectivity index (χ4v) is 2.34. The molecule has 1 aliphatic rings. The van der Waals surface area contributed by atoms with E-state index < -0.39 is 11.5 Å². The van der Waals surface area contributed by atoms with Gasteiger partial charge in [-0.3, -0.25) is 0 Å². The highest BCUT2D eigenvalue weighted by Gasteiger charge is 2.28. The van der Waals surface area contributed by atoms with Crippen LogP contribution in [0.3, 0.4) is 0 Å². The van der Waals surface area contributed by atoms with Crippen molar-refractivity contribution in [1.82, 2.24) is 9.97 Å². The molecule has 0 radical (unpaired) electrons. The molecule has 0 unspecified atom stereocenters. The minimum atomic E-state index is -1.06. The summed E-state index contributed by atoms with van der Waals surface area (Å²) in [5.41, 5.74) is 1.09. The van der Waals surface area contributed by atoms with Crippen LogP contribution < -0.4 is 5.32 Å². The highest BCUT2D eigenvalue weighted by atomic mass is 32.2. The molecule has 1 aromatic heterocycles. The minimum absolute atomic E-state index is 0.383. The predicted octanol–water partition coefficient (Wildman–Crippen LogP) is 1.50. The summed E-state index contributed by atoms with van der Waals surface area (Å²) < 4.78 is 0. The molecule has 0 saturated carbocycles. The molecule has 0 saturated heterocycles. The summed E-state index contributed by atoms with van der Waals surface area (Å²) in [6.45, 7) is 3.17. The summed E-state index contributed by atoms with van der Waals surface area (Å²) in [6.07, 6.45) is 1.77. The second-order valence-electron chi connectivity index (χ2n) is 4.21. The quantitative estimate of drug-likeness (QED) is 0.832. The Kier molecular flexibility index (Phi) is 2.75. The van der Waals surface area contributed by atoms with Crippen molar-refractivity contribution in [2.24, 2.45) is 0 Å². The molecule has 1 aliphatic heterocycles. The van der Waals surface area contributed by atoms with Gasteiger partial charge >= 0.3 is 5.97 Å². The minimum Gasteiger partial charge on any atom is -0.480 e. The van der Waals surface area contributed by atoms with E-state index in [1.165, 1.54) is 0 Å². The molecule has 1 aromatic rings. The number of carbonyl (C=O) groups is 1. The Bertz CT molecular complexity index is 434. The Morgan fingerprint density at radius 1 is 1.56 bits per heavy atom. The van der Waals surface area contributed by atoms with Crippen LogP contribution in [0.25, 0.3) is 0 Å². The van der Waals surface area contributed by atoms with Gasteiger partial charge in [-0.05, 0) is 13.8 Å². The van der Waals surface area contributed by atoms with Crippen LogP contribution in [-0.4, -0.2) is 26.6 Å². The van der Waals surface area contributed by atoms with Crippen molar-refractivity contribution in [1.29, 1.82) is 0 Å². The zero-order valence-electron chi connectivity index (χ0n) is 9.15. The maximum absolute atomic E-state index is 10.9. The van der Waals surface area contributed by atoms with Crippen molar-refractivity contribution in [3.8, 4) is 0 Å². The van der Waals surface area contributed by atoms with Gasteiger partial charge in [0.05, 0.1) is 5.69 Å². The van der Waals surface area contributed by atoms with Gasteiger partial charge in [-0.25, -0.2) is 14.8 Å². The normalized spacial score (nSPS) is 14.6. The van der Waals surface area contributed by atoms with E-state index in [0.717, 1.165) is 22.8 Å². The first-order valence-corrected chi connectivity index (χ1v) is 6.08. The number of aromatic nitrogens is 2. The highest BCUT2D eigenvalue weighted by molar-refractivity contribution is 7.98. The Morgan fingerprint density at radius 2 is 2.31 bits per heavy atom. The average molecular weight is 239 g/mol. The molecular weight excluding hydrogens is 226 g/mol. The van der Waals surface area contributed by atoms with Crippen LogP contribution in [-0.2, 0) is 16.3 Å². The number of hydrogen-bond acceptors (Lipinski definition) is 5. The number of anilines is 1. The van der Waals surface area contributed by atoms with Crippen molar-refractivity contribution < 1.29 is 9.90 Å². The van der Waals surface area contributed by atoms with Gasteiger partial charge < -0.3 is 10.4 Å². The summed E-state index contributed by atoms with van der Waals surface area (Å²) in [7, 11) is 0. The number of carboxylic acid groups (broad SMARTS) is 1.